The van der Waals surface area contributed by atoms with E-state index in [1.807, 2.05) is 6.26 Å². The Labute approximate surface area is 117 Å². The third-order valence-electron chi connectivity index (χ3n) is 2.87. The number of pyridine rings is 1. The van der Waals surface area contributed by atoms with Crippen LogP contribution in [0.3, 0.4) is 0 Å². The Morgan fingerprint density at radius 3 is 2.63 bits per heavy atom. The number of nitrogens with one attached hydrogen (secondary N) is 1. The topological polar surface area (TPSA) is 71.3 Å². The summed E-state index contributed by atoms with van der Waals surface area (Å²) in [4.78, 5) is 17.0. The fourth-order valence-corrected chi connectivity index (χ4v) is 2.08. The molecule has 1 aromatic heterocycles. The summed E-state index contributed by atoms with van der Waals surface area (Å²) in [5.74, 6) is 0.351. The highest BCUT2D eigenvalue weighted by atomic mass is 32.2. The number of rotatable bonds is 8. The summed E-state index contributed by atoms with van der Waals surface area (Å²) in [7, 11) is 0. The predicted octanol–water partition coefficient (Wildman–Crippen LogP) is 2.47. The minimum Gasteiger partial charge on any atom is -0.363 e. The fraction of sp³-hybridized carbons (Fsp3) is 0.583. The number of likely N-dealkylation sites (N-methyl/N-ethyl adjacent to an activating group) is 1. The molecule has 0 fully saturated rings. The largest absolute Gasteiger partial charge is 0.363 e. The first-order valence-electron chi connectivity index (χ1n) is 6.28. The lowest BCUT2D eigenvalue weighted by molar-refractivity contribution is -0.384. The van der Waals surface area contributed by atoms with Gasteiger partial charge in [0.15, 0.2) is 0 Å². The molecule has 7 heteroatoms. The van der Waals surface area contributed by atoms with Gasteiger partial charge < -0.3 is 10.2 Å². The summed E-state index contributed by atoms with van der Waals surface area (Å²) in [6.07, 6.45) is 1.90. The average Bonchev–Trinajstić information content (AvgIpc) is 2.43. The van der Waals surface area contributed by atoms with Crippen molar-refractivity contribution >= 4 is 23.3 Å². The van der Waals surface area contributed by atoms with E-state index in [9.17, 15) is 10.1 Å². The molecular formula is C12H20N4O2S. The van der Waals surface area contributed by atoms with Crippen molar-refractivity contribution in [2.75, 3.05) is 37.8 Å². The summed E-state index contributed by atoms with van der Waals surface area (Å²) in [5, 5.41) is 14.8. The van der Waals surface area contributed by atoms with E-state index in [4.69, 9.17) is 0 Å². The van der Waals surface area contributed by atoms with E-state index in [1.54, 1.807) is 6.07 Å². The molecule has 0 aromatic carbocycles. The van der Waals surface area contributed by atoms with Crippen molar-refractivity contribution in [3.8, 4) is 0 Å². The van der Waals surface area contributed by atoms with Gasteiger partial charge in [0.1, 0.15) is 0 Å². The molecule has 0 spiro atoms. The second-order valence-corrected chi connectivity index (χ2v) is 4.76. The van der Waals surface area contributed by atoms with E-state index in [2.05, 4.69) is 29.0 Å². The zero-order valence-corrected chi connectivity index (χ0v) is 12.4. The summed E-state index contributed by atoms with van der Waals surface area (Å²) < 4.78 is 0. The first kappa shape index (κ1) is 15.7. The molecule has 1 N–H and O–H groups in total. The van der Waals surface area contributed by atoms with Crippen molar-refractivity contribution in [1.82, 2.24) is 9.88 Å². The zero-order valence-electron chi connectivity index (χ0n) is 11.5. The van der Waals surface area contributed by atoms with Crippen molar-refractivity contribution in [3.05, 3.63) is 22.2 Å². The Morgan fingerprint density at radius 1 is 1.42 bits per heavy atom. The number of thioether (sulfide) groups is 1. The maximum absolute atomic E-state index is 10.9. The first-order chi connectivity index (χ1) is 9.12. The van der Waals surface area contributed by atoms with E-state index in [0.717, 1.165) is 24.7 Å². The monoisotopic (exact) mass is 284 g/mol. The Balaban J connectivity index is 2.72. The van der Waals surface area contributed by atoms with Crippen LogP contribution in [0.15, 0.2) is 17.2 Å². The molecule has 19 heavy (non-hydrogen) atoms. The maximum atomic E-state index is 10.9. The molecule has 1 aromatic rings. The molecule has 0 unspecified atom stereocenters. The second kappa shape index (κ2) is 7.96. The van der Waals surface area contributed by atoms with Gasteiger partial charge in [-0.15, -0.1) is 11.8 Å². The predicted molar refractivity (Wildman–Crippen MR) is 79.0 cm³/mol. The average molecular weight is 284 g/mol. The Kier molecular flexibility index (Phi) is 6.58. The molecule has 0 saturated carbocycles. The van der Waals surface area contributed by atoms with E-state index in [0.29, 0.717) is 12.4 Å². The van der Waals surface area contributed by atoms with Gasteiger partial charge in [-0.3, -0.25) is 10.1 Å². The van der Waals surface area contributed by atoms with Gasteiger partial charge in [-0.05, 0) is 25.4 Å². The van der Waals surface area contributed by atoms with Gasteiger partial charge in [-0.2, -0.15) is 0 Å². The molecule has 0 aliphatic carbocycles. The van der Waals surface area contributed by atoms with E-state index >= 15 is 0 Å². The van der Waals surface area contributed by atoms with Crippen molar-refractivity contribution in [2.45, 2.75) is 18.9 Å². The molecule has 0 saturated heterocycles. The number of hydrogen-bond acceptors (Lipinski definition) is 6. The standard InChI is InChI=1S/C12H20N4O2S/c1-4-15(5-2)9-8-13-12-10(16(17)18)6-7-11(14-12)19-3/h6-7H,4-5,8-9H2,1-3H3,(H,13,14). The maximum Gasteiger partial charge on any atom is 0.311 e. The van der Waals surface area contributed by atoms with Crippen molar-refractivity contribution in [3.63, 3.8) is 0 Å². The van der Waals surface area contributed by atoms with Gasteiger partial charge in [0.25, 0.3) is 0 Å². The molecule has 1 heterocycles. The number of nitro groups is 1. The molecule has 0 aliphatic heterocycles. The summed E-state index contributed by atoms with van der Waals surface area (Å²) in [5.41, 5.74) is 0.0253. The summed E-state index contributed by atoms with van der Waals surface area (Å²) in [6, 6.07) is 3.16. The zero-order chi connectivity index (χ0) is 14.3. The van der Waals surface area contributed by atoms with Gasteiger partial charge in [-0.25, -0.2) is 4.98 Å². The molecule has 1 rings (SSSR count). The molecule has 0 radical (unpaired) electrons. The molecule has 106 valence electrons. The van der Waals surface area contributed by atoms with E-state index in [1.165, 1.54) is 17.8 Å². The third kappa shape index (κ3) is 4.68. The van der Waals surface area contributed by atoms with Gasteiger partial charge in [0, 0.05) is 19.2 Å². The molecular weight excluding hydrogens is 264 g/mol. The van der Waals surface area contributed by atoms with Crippen molar-refractivity contribution in [1.29, 1.82) is 0 Å². The number of anilines is 1. The summed E-state index contributed by atoms with van der Waals surface area (Å²) in [6.45, 7) is 7.62. The molecule has 0 aliphatic rings. The normalized spacial score (nSPS) is 10.7. The smallest absolute Gasteiger partial charge is 0.311 e. The minimum absolute atomic E-state index is 0.0253. The van der Waals surface area contributed by atoms with Crippen LogP contribution >= 0.6 is 11.8 Å². The van der Waals surface area contributed by atoms with Crippen molar-refractivity contribution in [2.24, 2.45) is 0 Å². The van der Waals surface area contributed by atoms with Crippen LogP contribution in [0.5, 0.6) is 0 Å². The van der Waals surface area contributed by atoms with Crippen LogP contribution in [-0.4, -0.2) is 47.2 Å². The molecule has 0 bridgehead atoms. The van der Waals surface area contributed by atoms with Crippen LogP contribution in [0.25, 0.3) is 0 Å². The van der Waals surface area contributed by atoms with Crippen LogP contribution in [0.2, 0.25) is 0 Å². The van der Waals surface area contributed by atoms with Crippen LogP contribution in [-0.2, 0) is 0 Å². The van der Waals surface area contributed by atoms with Gasteiger partial charge in [0.05, 0.1) is 9.95 Å². The first-order valence-corrected chi connectivity index (χ1v) is 7.50. The molecule has 0 amide bonds. The SMILES string of the molecule is CCN(CC)CCNc1nc(SC)ccc1[N+](=O)[O-]. The van der Waals surface area contributed by atoms with Crippen LogP contribution in [0.1, 0.15) is 13.8 Å². The minimum atomic E-state index is -0.406. The van der Waals surface area contributed by atoms with Crippen LogP contribution in [0.4, 0.5) is 11.5 Å². The number of aromatic nitrogens is 1. The lowest BCUT2D eigenvalue weighted by atomic mass is 10.4. The van der Waals surface area contributed by atoms with Crippen LogP contribution < -0.4 is 5.32 Å². The highest BCUT2D eigenvalue weighted by Crippen LogP contribution is 2.25. The van der Waals surface area contributed by atoms with Gasteiger partial charge >= 0.3 is 5.69 Å². The third-order valence-corrected chi connectivity index (χ3v) is 3.51. The fourth-order valence-electron chi connectivity index (χ4n) is 1.70. The van der Waals surface area contributed by atoms with E-state index in [-0.39, 0.29) is 5.69 Å². The Bertz CT molecular complexity index is 424. The number of hydrogen-bond donors (Lipinski definition) is 1. The van der Waals surface area contributed by atoms with E-state index < -0.39 is 4.92 Å². The Morgan fingerprint density at radius 2 is 2.11 bits per heavy atom. The quantitative estimate of drug-likeness (QED) is 0.449. The Hall–Kier alpha value is -1.34. The molecule has 0 atom stereocenters. The van der Waals surface area contributed by atoms with Gasteiger partial charge in [-0.1, -0.05) is 13.8 Å². The highest BCUT2D eigenvalue weighted by Gasteiger charge is 2.15. The lowest BCUT2D eigenvalue weighted by Gasteiger charge is -2.18. The van der Waals surface area contributed by atoms with Crippen molar-refractivity contribution < 1.29 is 4.92 Å². The molecule has 6 nitrogen and oxygen atoms in total. The highest BCUT2D eigenvalue weighted by molar-refractivity contribution is 7.98. The summed E-state index contributed by atoms with van der Waals surface area (Å²) >= 11 is 1.47. The lowest BCUT2D eigenvalue weighted by Crippen LogP contribution is -2.28. The van der Waals surface area contributed by atoms with Gasteiger partial charge in [0.2, 0.25) is 5.82 Å². The van der Waals surface area contributed by atoms with Crippen LogP contribution in [0, 0.1) is 10.1 Å². The second-order valence-electron chi connectivity index (χ2n) is 3.93. The number of nitrogens with zero attached hydrogens (tertiary/aromatic N) is 3.